The van der Waals surface area contributed by atoms with Gasteiger partial charge in [0.2, 0.25) is 0 Å². The van der Waals surface area contributed by atoms with Crippen LogP contribution < -0.4 is 0 Å². The summed E-state index contributed by atoms with van der Waals surface area (Å²) in [6, 6.07) is 9.88. The second-order valence-corrected chi connectivity index (χ2v) is 3.56. The van der Waals surface area contributed by atoms with Crippen molar-refractivity contribution < 1.29 is 5.11 Å². The SMILES string of the molecule is C[C@H](C(O)c1ccccc1)N(C)C. The predicted octanol–water partition coefficient (Wildman–Crippen LogP) is 1.67. The molecule has 0 saturated carbocycles. The Morgan fingerprint density at radius 2 is 1.69 bits per heavy atom. The van der Waals surface area contributed by atoms with E-state index in [0.717, 1.165) is 5.56 Å². The van der Waals surface area contributed by atoms with E-state index in [2.05, 4.69) is 0 Å². The smallest absolute Gasteiger partial charge is 0.0942 e. The largest absolute Gasteiger partial charge is 0.387 e. The van der Waals surface area contributed by atoms with Crippen LogP contribution in [0.15, 0.2) is 30.3 Å². The first-order valence-electron chi connectivity index (χ1n) is 4.52. The van der Waals surface area contributed by atoms with E-state index in [0.29, 0.717) is 0 Å². The summed E-state index contributed by atoms with van der Waals surface area (Å²) in [4.78, 5) is 2.01. The van der Waals surface area contributed by atoms with Gasteiger partial charge in [0.05, 0.1) is 6.10 Å². The van der Waals surface area contributed by atoms with E-state index in [-0.39, 0.29) is 6.04 Å². The first kappa shape index (κ1) is 10.2. The molecule has 0 bridgehead atoms. The minimum absolute atomic E-state index is 0.141. The lowest BCUT2D eigenvalue weighted by Crippen LogP contribution is -2.30. The highest BCUT2D eigenvalue weighted by molar-refractivity contribution is 5.18. The molecule has 0 heterocycles. The van der Waals surface area contributed by atoms with Gasteiger partial charge in [-0.15, -0.1) is 0 Å². The van der Waals surface area contributed by atoms with Crippen molar-refractivity contribution in [2.24, 2.45) is 0 Å². The first-order valence-corrected chi connectivity index (χ1v) is 4.52. The fourth-order valence-corrected chi connectivity index (χ4v) is 1.21. The summed E-state index contributed by atoms with van der Waals surface area (Å²) >= 11 is 0. The van der Waals surface area contributed by atoms with Crippen LogP contribution in [0.25, 0.3) is 0 Å². The van der Waals surface area contributed by atoms with Crippen molar-refractivity contribution in [3.05, 3.63) is 35.9 Å². The first-order chi connectivity index (χ1) is 6.13. The third-order valence-corrected chi connectivity index (χ3v) is 2.41. The van der Waals surface area contributed by atoms with Gasteiger partial charge in [-0.2, -0.15) is 0 Å². The van der Waals surface area contributed by atoms with Crippen molar-refractivity contribution >= 4 is 0 Å². The molecule has 0 saturated heterocycles. The maximum absolute atomic E-state index is 9.92. The molecule has 2 atom stereocenters. The number of aliphatic hydroxyl groups is 1. The highest BCUT2D eigenvalue weighted by Crippen LogP contribution is 2.18. The van der Waals surface area contributed by atoms with Gasteiger partial charge >= 0.3 is 0 Å². The third-order valence-electron chi connectivity index (χ3n) is 2.41. The zero-order valence-electron chi connectivity index (χ0n) is 8.44. The number of rotatable bonds is 3. The van der Waals surface area contributed by atoms with Gasteiger partial charge in [-0.3, -0.25) is 0 Å². The number of hydrogen-bond donors (Lipinski definition) is 1. The van der Waals surface area contributed by atoms with Crippen LogP contribution in [0, 0.1) is 0 Å². The van der Waals surface area contributed by atoms with Gasteiger partial charge in [-0.05, 0) is 26.6 Å². The normalized spacial score (nSPS) is 15.8. The Labute approximate surface area is 79.8 Å². The second kappa shape index (κ2) is 4.40. The van der Waals surface area contributed by atoms with Crippen molar-refractivity contribution in [1.29, 1.82) is 0 Å². The number of aliphatic hydroxyl groups excluding tert-OH is 1. The fourth-order valence-electron chi connectivity index (χ4n) is 1.21. The molecule has 0 aliphatic carbocycles. The summed E-state index contributed by atoms with van der Waals surface area (Å²) in [5, 5.41) is 9.92. The Morgan fingerprint density at radius 3 is 2.15 bits per heavy atom. The van der Waals surface area contributed by atoms with E-state index in [4.69, 9.17) is 0 Å². The van der Waals surface area contributed by atoms with E-state index in [1.165, 1.54) is 0 Å². The van der Waals surface area contributed by atoms with E-state index in [9.17, 15) is 5.11 Å². The molecule has 2 nitrogen and oxygen atoms in total. The molecule has 1 rings (SSSR count). The van der Waals surface area contributed by atoms with Crippen molar-refractivity contribution in [2.75, 3.05) is 14.1 Å². The molecule has 1 unspecified atom stereocenters. The van der Waals surface area contributed by atoms with E-state index >= 15 is 0 Å². The van der Waals surface area contributed by atoms with Crippen LogP contribution in [-0.4, -0.2) is 30.1 Å². The van der Waals surface area contributed by atoms with E-state index in [1.807, 2.05) is 56.3 Å². The van der Waals surface area contributed by atoms with Gasteiger partial charge in [0.15, 0.2) is 0 Å². The number of benzene rings is 1. The lowest BCUT2D eigenvalue weighted by atomic mass is 10.0. The zero-order chi connectivity index (χ0) is 9.84. The molecule has 0 amide bonds. The second-order valence-electron chi connectivity index (χ2n) is 3.56. The van der Waals surface area contributed by atoms with Crippen molar-refractivity contribution in [1.82, 2.24) is 4.90 Å². The summed E-state index contributed by atoms with van der Waals surface area (Å²) in [6.07, 6.45) is -0.406. The summed E-state index contributed by atoms with van der Waals surface area (Å²) in [5.41, 5.74) is 0.976. The monoisotopic (exact) mass is 179 g/mol. The van der Waals surface area contributed by atoms with Crippen LogP contribution in [-0.2, 0) is 0 Å². The third kappa shape index (κ3) is 2.54. The lowest BCUT2D eigenvalue weighted by Gasteiger charge is -2.25. The molecule has 1 N–H and O–H groups in total. The van der Waals surface area contributed by atoms with Gasteiger partial charge in [0.1, 0.15) is 0 Å². The van der Waals surface area contributed by atoms with Crippen LogP contribution in [0.1, 0.15) is 18.6 Å². The highest BCUT2D eigenvalue weighted by Gasteiger charge is 2.17. The molecule has 0 fully saturated rings. The van der Waals surface area contributed by atoms with Gasteiger partial charge < -0.3 is 10.0 Å². The summed E-state index contributed by atoms with van der Waals surface area (Å²) < 4.78 is 0. The van der Waals surface area contributed by atoms with Crippen LogP contribution in [0.5, 0.6) is 0 Å². The Morgan fingerprint density at radius 1 is 1.15 bits per heavy atom. The molecule has 72 valence electrons. The average molecular weight is 179 g/mol. The van der Waals surface area contributed by atoms with Gasteiger partial charge in [0, 0.05) is 6.04 Å². The minimum Gasteiger partial charge on any atom is -0.387 e. The van der Waals surface area contributed by atoms with Crippen molar-refractivity contribution in [2.45, 2.75) is 19.1 Å². The maximum atomic E-state index is 9.92. The molecule has 0 radical (unpaired) electrons. The average Bonchev–Trinajstić information content (AvgIpc) is 2.17. The van der Waals surface area contributed by atoms with E-state index < -0.39 is 6.10 Å². The standard InChI is InChI=1S/C11H17NO/c1-9(12(2)3)11(13)10-7-5-4-6-8-10/h4-9,11,13H,1-3H3/t9-,11?/m1/s1. The Hall–Kier alpha value is -0.860. The quantitative estimate of drug-likeness (QED) is 0.763. The van der Waals surface area contributed by atoms with E-state index in [1.54, 1.807) is 0 Å². The molecule has 0 aliphatic heterocycles. The lowest BCUT2D eigenvalue weighted by molar-refractivity contribution is 0.0858. The molecular weight excluding hydrogens is 162 g/mol. The van der Waals surface area contributed by atoms with Gasteiger partial charge in [0.25, 0.3) is 0 Å². The summed E-state index contributed by atoms with van der Waals surface area (Å²) in [5.74, 6) is 0. The minimum atomic E-state index is -0.406. The van der Waals surface area contributed by atoms with Crippen LogP contribution in [0.3, 0.4) is 0 Å². The number of nitrogens with zero attached hydrogens (tertiary/aromatic N) is 1. The summed E-state index contributed by atoms with van der Waals surface area (Å²) in [7, 11) is 3.94. The molecule has 1 aromatic rings. The Balaban J connectivity index is 2.73. The number of likely N-dealkylation sites (N-methyl/N-ethyl adjacent to an activating group) is 1. The van der Waals surface area contributed by atoms with Crippen molar-refractivity contribution in [3.8, 4) is 0 Å². The van der Waals surface area contributed by atoms with Crippen LogP contribution >= 0.6 is 0 Å². The van der Waals surface area contributed by atoms with Crippen molar-refractivity contribution in [3.63, 3.8) is 0 Å². The summed E-state index contributed by atoms with van der Waals surface area (Å²) in [6.45, 7) is 2.01. The molecular formula is C11H17NO. The number of hydrogen-bond acceptors (Lipinski definition) is 2. The highest BCUT2D eigenvalue weighted by atomic mass is 16.3. The van der Waals surface area contributed by atoms with Gasteiger partial charge in [-0.25, -0.2) is 0 Å². The molecule has 0 aromatic heterocycles. The topological polar surface area (TPSA) is 23.5 Å². The van der Waals surface area contributed by atoms with Gasteiger partial charge in [-0.1, -0.05) is 30.3 Å². The zero-order valence-corrected chi connectivity index (χ0v) is 8.44. The predicted molar refractivity (Wildman–Crippen MR) is 54.6 cm³/mol. The van der Waals surface area contributed by atoms with Crippen LogP contribution in [0.4, 0.5) is 0 Å². The molecule has 0 aliphatic rings. The Bertz CT molecular complexity index is 246. The fraction of sp³-hybridized carbons (Fsp3) is 0.455. The Kier molecular flexibility index (Phi) is 3.46. The molecule has 1 aromatic carbocycles. The van der Waals surface area contributed by atoms with Crippen LogP contribution in [0.2, 0.25) is 0 Å². The molecule has 0 spiro atoms. The molecule has 13 heavy (non-hydrogen) atoms. The maximum Gasteiger partial charge on any atom is 0.0942 e. The molecule has 2 heteroatoms.